The third-order valence-electron chi connectivity index (χ3n) is 4.49. The van der Waals surface area contributed by atoms with Crippen LogP contribution in [-0.4, -0.2) is 4.75 Å². The van der Waals surface area contributed by atoms with Crippen LogP contribution in [0.1, 0.15) is 60.3 Å². The molecule has 2 unspecified atom stereocenters. The van der Waals surface area contributed by atoms with Crippen molar-refractivity contribution in [2.45, 2.75) is 65.0 Å². The largest absolute Gasteiger partial charge is 0.173 e. The van der Waals surface area contributed by atoms with E-state index in [1.807, 2.05) is 0 Å². The van der Waals surface area contributed by atoms with Crippen LogP contribution in [0, 0.1) is 17.3 Å². The summed E-state index contributed by atoms with van der Waals surface area (Å²) in [5, 5.41) is 0. The molecule has 0 aliphatic heterocycles. The second-order valence-corrected chi connectivity index (χ2v) is 6.99. The summed E-state index contributed by atoms with van der Waals surface area (Å²) in [6.07, 6.45) is 5.51. The van der Waals surface area contributed by atoms with Gasteiger partial charge in [0.15, 0.2) is 0 Å². The van der Waals surface area contributed by atoms with Gasteiger partial charge in [0, 0.05) is 4.75 Å². The zero-order valence-electron chi connectivity index (χ0n) is 10.4. The standard InChI is InChI=1S/C13H26S/c1-6-13(10(2)3)9-7-8-11(13)12(4,5)14/h10-11,14H,6-9H2,1-5H3. The maximum absolute atomic E-state index is 4.81. The minimum atomic E-state index is 0.191. The molecule has 0 nitrogen and oxygen atoms in total. The van der Waals surface area contributed by atoms with Gasteiger partial charge in [0.05, 0.1) is 0 Å². The van der Waals surface area contributed by atoms with Crippen LogP contribution >= 0.6 is 12.6 Å². The lowest BCUT2D eigenvalue weighted by atomic mass is 9.64. The van der Waals surface area contributed by atoms with Gasteiger partial charge >= 0.3 is 0 Å². The van der Waals surface area contributed by atoms with Crippen LogP contribution in [0.25, 0.3) is 0 Å². The summed E-state index contributed by atoms with van der Waals surface area (Å²) in [6, 6.07) is 0. The molecule has 0 radical (unpaired) electrons. The molecule has 84 valence electrons. The van der Waals surface area contributed by atoms with Gasteiger partial charge in [-0.05, 0) is 36.5 Å². The van der Waals surface area contributed by atoms with Crippen LogP contribution in [0.5, 0.6) is 0 Å². The van der Waals surface area contributed by atoms with Gasteiger partial charge in [0.1, 0.15) is 0 Å². The molecule has 1 aliphatic carbocycles. The van der Waals surface area contributed by atoms with Crippen molar-refractivity contribution in [3.63, 3.8) is 0 Å². The van der Waals surface area contributed by atoms with Crippen molar-refractivity contribution in [2.24, 2.45) is 17.3 Å². The average molecular weight is 214 g/mol. The highest BCUT2D eigenvalue weighted by atomic mass is 32.1. The average Bonchev–Trinajstić information content (AvgIpc) is 2.47. The Morgan fingerprint density at radius 1 is 1.43 bits per heavy atom. The highest BCUT2D eigenvalue weighted by Gasteiger charge is 2.48. The smallest absolute Gasteiger partial charge is 0.0107 e. The molecule has 0 heterocycles. The molecular weight excluding hydrogens is 188 g/mol. The molecule has 0 amide bonds. The van der Waals surface area contributed by atoms with E-state index in [9.17, 15) is 0 Å². The Hall–Kier alpha value is 0.350. The normalized spacial score (nSPS) is 34.1. The van der Waals surface area contributed by atoms with Crippen LogP contribution in [-0.2, 0) is 0 Å². The monoisotopic (exact) mass is 214 g/mol. The molecule has 0 bridgehead atoms. The van der Waals surface area contributed by atoms with Crippen LogP contribution in [0.15, 0.2) is 0 Å². The van der Waals surface area contributed by atoms with E-state index in [0.717, 1.165) is 11.8 Å². The van der Waals surface area contributed by atoms with E-state index in [1.54, 1.807) is 0 Å². The fraction of sp³-hybridized carbons (Fsp3) is 1.00. The molecule has 1 fully saturated rings. The van der Waals surface area contributed by atoms with Gasteiger partial charge in [0.25, 0.3) is 0 Å². The molecule has 0 spiro atoms. The Morgan fingerprint density at radius 3 is 2.29 bits per heavy atom. The topological polar surface area (TPSA) is 0 Å². The Bertz CT molecular complexity index is 190. The van der Waals surface area contributed by atoms with Crippen LogP contribution in [0.3, 0.4) is 0 Å². The third-order valence-corrected chi connectivity index (χ3v) is 4.80. The van der Waals surface area contributed by atoms with Crippen molar-refractivity contribution in [2.75, 3.05) is 0 Å². The maximum Gasteiger partial charge on any atom is 0.0107 e. The third kappa shape index (κ3) is 1.98. The van der Waals surface area contributed by atoms with Crippen LogP contribution in [0.4, 0.5) is 0 Å². The summed E-state index contributed by atoms with van der Waals surface area (Å²) in [4.78, 5) is 0. The van der Waals surface area contributed by atoms with E-state index in [2.05, 4.69) is 34.6 Å². The van der Waals surface area contributed by atoms with Gasteiger partial charge in [-0.3, -0.25) is 0 Å². The van der Waals surface area contributed by atoms with Crippen LogP contribution in [0.2, 0.25) is 0 Å². The predicted octanol–water partition coefficient (Wildman–Crippen LogP) is 4.55. The quantitative estimate of drug-likeness (QED) is 0.655. The van der Waals surface area contributed by atoms with Gasteiger partial charge in [-0.15, -0.1) is 0 Å². The van der Waals surface area contributed by atoms with Crippen molar-refractivity contribution < 1.29 is 0 Å². The summed E-state index contributed by atoms with van der Waals surface area (Å²) < 4.78 is 0.191. The molecule has 0 aromatic rings. The second-order valence-electron chi connectivity index (χ2n) is 5.84. The Morgan fingerprint density at radius 2 is 2.00 bits per heavy atom. The van der Waals surface area contributed by atoms with Crippen molar-refractivity contribution >= 4 is 12.6 Å². The van der Waals surface area contributed by atoms with Crippen molar-refractivity contribution in [3.8, 4) is 0 Å². The molecule has 2 atom stereocenters. The number of rotatable bonds is 3. The minimum Gasteiger partial charge on any atom is -0.173 e. The molecule has 1 heteroatoms. The van der Waals surface area contributed by atoms with Gasteiger partial charge < -0.3 is 0 Å². The number of hydrogen-bond donors (Lipinski definition) is 1. The van der Waals surface area contributed by atoms with E-state index < -0.39 is 0 Å². The van der Waals surface area contributed by atoms with E-state index in [-0.39, 0.29) is 4.75 Å². The summed E-state index contributed by atoms with van der Waals surface area (Å²) in [7, 11) is 0. The number of hydrogen-bond acceptors (Lipinski definition) is 1. The first kappa shape index (κ1) is 12.4. The van der Waals surface area contributed by atoms with E-state index in [4.69, 9.17) is 12.6 Å². The highest BCUT2D eigenvalue weighted by Crippen LogP contribution is 2.56. The SMILES string of the molecule is CCC1(C(C)C)CCCC1C(C)(C)S. The first-order valence-electron chi connectivity index (χ1n) is 6.07. The molecule has 0 aromatic heterocycles. The highest BCUT2D eigenvalue weighted by molar-refractivity contribution is 7.81. The summed E-state index contributed by atoms with van der Waals surface area (Å²) >= 11 is 4.81. The number of thiol groups is 1. The zero-order valence-corrected chi connectivity index (χ0v) is 11.3. The van der Waals surface area contributed by atoms with E-state index in [0.29, 0.717) is 5.41 Å². The maximum atomic E-state index is 4.81. The molecule has 0 aromatic carbocycles. The van der Waals surface area contributed by atoms with Gasteiger partial charge in [0.2, 0.25) is 0 Å². The summed E-state index contributed by atoms with van der Waals surface area (Å²) in [5.41, 5.74) is 0.561. The van der Waals surface area contributed by atoms with Crippen molar-refractivity contribution in [3.05, 3.63) is 0 Å². The molecule has 0 N–H and O–H groups in total. The molecule has 1 rings (SSSR count). The van der Waals surface area contributed by atoms with Gasteiger partial charge in [-0.1, -0.05) is 41.0 Å². The lowest BCUT2D eigenvalue weighted by molar-refractivity contribution is 0.0949. The Labute approximate surface area is 95.3 Å². The van der Waals surface area contributed by atoms with Gasteiger partial charge in [-0.2, -0.15) is 12.6 Å². The Kier molecular flexibility index (Phi) is 3.62. The fourth-order valence-electron chi connectivity index (χ4n) is 3.68. The molecule has 14 heavy (non-hydrogen) atoms. The van der Waals surface area contributed by atoms with Crippen molar-refractivity contribution in [1.29, 1.82) is 0 Å². The van der Waals surface area contributed by atoms with E-state index in [1.165, 1.54) is 25.7 Å². The first-order valence-corrected chi connectivity index (χ1v) is 6.51. The molecular formula is C13H26S. The van der Waals surface area contributed by atoms with E-state index >= 15 is 0 Å². The first-order chi connectivity index (χ1) is 6.34. The fourth-order valence-corrected chi connectivity index (χ4v) is 4.06. The lowest BCUT2D eigenvalue weighted by Crippen LogP contribution is -2.40. The van der Waals surface area contributed by atoms with Crippen molar-refractivity contribution in [1.82, 2.24) is 0 Å². The second kappa shape index (κ2) is 4.08. The predicted molar refractivity (Wildman–Crippen MR) is 68.0 cm³/mol. The summed E-state index contributed by atoms with van der Waals surface area (Å²) in [6.45, 7) is 11.7. The molecule has 1 saturated carbocycles. The lowest BCUT2D eigenvalue weighted by Gasteiger charge is -2.45. The van der Waals surface area contributed by atoms with Gasteiger partial charge in [-0.25, -0.2) is 0 Å². The zero-order chi connectivity index (χ0) is 11.0. The summed E-state index contributed by atoms with van der Waals surface area (Å²) in [5.74, 6) is 1.59. The minimum absolute atomic E-state index is 0.191. The molecule has 1 aliphatic rings. The van der Waals surface area contributed by atoms with Crippen LogP contribution < -0.4 is 0 Å². The Balaban J connectivity index is 2.95. The molecule has 0 saturated heterocycles.